The number of ether oxygens (including phenoxy) is 2. The van der Waals surface area contributed by atoms with E-state index in [4.69, 9.17) is 21.1 Å². The SMILES string of the molecule is CC(C)(C)OC(=O)N1C[C@@H]2CCCC[C@@]2(C(=O)OCCl)C1. The molecule has 0 radical (unpaired) electrons. The summed E-state index contributed by atoms with van der Waals surface area (Å²) in [6, 6.07) is -0.139. The van der Waals surface area contributed by atoms with Crippen LogP contribution in [0.25, 0.3) is 0 Å². The van der Waals surface area contributed by atoms with Gasteiger partial charge >= 0.3 is 12.1 Å². The van der Waals surface area contributed by atoms with Crippen molar-refractivity contribution in [2.24, 2.45) is 11.3 Å². The van der Waals surface area contributed by atoms with Crippen molar-refractivity contribution in [2.45, 2.75) is 52.1 Å². The lowest BCUT2D eigenvalue weighted by Crippen LogP contribution is -2.43. The average molecular weight is 318 g/mol. The summed E-state index contributed by atoms with van der Waals surface area (Å²) in [6.45, 7) is 6.46. The number of halogens is 1. The first-order valence-corrected chi connectivity index (χ1v) is 8.03. The second-order valence-corrected chi connectivity index (χ2v) is 7.22. The molecule has 0 N–H and O–H groups in total. The molecular formula is C15H24ClNO4. The lowest BCUT2D eigenvalue weighted by atomic mass is 9.68. The zero-order chi connectivity index (χ0) is 15.7. The molecule has 1 saturated carbocycles. The molecule has 120 valence electrons. The van der Waals surface area contributed by atoms with E-state index in [9.17, 15) is 9.59 Å². The highest BCUT2D eigenvalue weighted by Crippen LogP contribution is 2.47. The highest BCUT2D eigenvalue weighted by molar-refractivity contribution is 6.17. The Hall–Kier alpha value is -0.970. The van der Waals surface area contributed by atoms with E-state index < -0.39 is 11.0 Å². The number of rotatable bonds is 2. The third-order valence-electron chi connectivity index (χ3n) is 4.36. The van der Waals surface area contributed by atoms with Crippen LogP contribution in [-0.2, 0) is 14.3 Å². The first-order chi connectivity index (χ1) is 9.78. The van der Waals surface area contributed by atoms with Crippen LogP contribution in [0, 0.1) is 11.3 Å². The second kappa shape index (κ2) is 6.03. The maximum Gasteiger partial charge on any atom is 0.410 e. The minimum atomic E-state index is -0.593. The quantitative estimate of drug-likeness (QED) is 0.580. The summed E-state index contributed by atoms with van der Waals surface area (Å²) in [5, 5.41) is 0. The van der Waals surface area contributed by atoms with E-state index >= 15 is 0 Å². The molecule has 2 atom stereocenters. The lowest BCUT2D eigenvalue weighted by Gasteiger charge is -2.35. The molecule has 5 nitrogen and oxygen atoms in total. The van der Waals surface area contributed by atoms with E-state index in [2.05, 4.69) is 0 Å². The molecule has 0 aromatic heterocycles. The molecular weight excluding hydrogens is 294 g/mol. The first-order valence-electron chi connectivity index (χ1n) is 7.49. The van der Waals surface area contributed by atoms with Gasteiger partial charge in [-0.25, -0.2) is 4.79 Å². The smallest absolute Gasteiger partial charge is 0.410 e. The summed E-state index contributed by atoms with van der Waals surface area (Å²) in [4.78, 5) is 26.3. The van der Waals surface area contributed by atoms with Crippen molar-refractivity contribution in [2.75, 3.05) is 19.2 Å². The van der Waals surface area contributed by atoms with Crippen LogP contribution in [0.1, 0.15) is 46.5 Å². The van der Waals surface area contributed by atoms with Crippen LogP contribution in [0.5, 0.6) is 0 Å². The molecule has 0 bridgehead atoms. The zero-order valence-corrected chi connectivity index (χ0v) is 13.7. The number of esters is 1. The van der Waals surface area contributed by atoms with E-state index in [-0.39, 0.29) is 24.0 Å². The average Bonchev–Trinajstić information content (AvgIpc) is 2.78. The van der Waals surface area contributed by atoms with Crippen LogP contribution in [0.4, 0.5) is 4.79 Å². The normalized spacial score (nSPS) is 29.0. The van der Waals surface area contributed by atoms with Crippen molar-refractivity contribution in [3.63, 3.8) is 0 Å². The number of alkyl halides is 1. The predicted octanol–water partition coefficient (Wildman–Crippen LogP) is 3.15. The lowest BCUT2D eigenvalue weighted by molar-refractivity contribution is -0.157. The van der Waals surface area contributed by atoms with E-state index in [0.29, 0.717) is 13.1 Å². The summed E-state index contributed by atoms with van der Waals surface area (Å²) in [5.41, 5.74) is -1.13. The molecule has 2 aliphatic rings. The molecule has 0 spiro atoms. The first kappa shape index (κ1) is 16.4. The molecule has 2 rings (SSSR count). The monoisotopic (exact) mass is 317 g/mol. The number of amides is 1. The van der Waals surface area contributed by atoms with Gasteiger partial charge in [-0.1, -0.05) is 24.4 Å². The van der Waals surface area contributed by atoms with Gasteiger partial charge in [-0.2, -0.15) is 0 Å². The molecule has 0 aromatic carbocycles. The predicted molar refractivity (Wildman–Crippen MR) is 79.0 cm³/mol. The van der Waals surface area contributed by atoms with Gasteiger partial charge < -0.3 is 14.4 Å². The molecule has 1 amide bonds. The van der Waals surface area contributed by atoms with Crippen LogP contribution in [0.15, 0.2) is 0 Å². The topological polar surface area (TPSA) is 55.8 Å². The fraction of sp³-hybridized carbons (Fsp3) is 0.867. The largest absolute Gasteiger partial charge is 0.449 e. The Morgan fingerprint density at radius 3 is 2.67 bits per heavy atom. The van der Waals surface area contributed by atoms with Crippen LogP contribution in [0.3, 0.4) is 0 Å². The van der Waals surface area contributed by atoms with Crippen molar-refractivity contribution in [3.8, 4) is 0 Å². The van der Waals surface area contributed by atoms with Crippen molar-refractivity contribution in [1.82, 2.24) is 4.90 Å². The number of fused-ring (bicyclic) bond motifs is 1. The molecule has 0 aromatic rings. The van der Waals surface area contributed by atoms with Crippen LogP contribution in [0.2, 0.25) is 0 Å². The third-order valence-corrected chi connectivity index (χ3v) is 4.47. The Bertz CT molecular complexity index is 420. The molecule has 21 heavy (non-hydrogen) atoms. The maximum absolute atomic E-state index is 12.4. The maximum atomic E-state index is 12.4. The van der Waals surface area contributed by atoms with Gasteiger partial charge in [0.25, 0.3) is 0 Å². The number of hydrogen-bond acceptors (Lipinski definition) is 4. The Kier molecular flexibility index (Phi) is 4.71. The van der Waals surface area contributed by atoms with Crippen LogP contribution < -0.4 is 0 Å². The van der Waals surface area contributed by atoms with E-state index in [1.165, 1.54) is 0 Å². The van der Waals surface area contributed by atoms with Gasteiger partial charge in [0.15, 0.2) is 6.07 Å². The van der Waals surface area contributed by atoms with Crippen LogP contribution in [-0.4, -0.2) is 41.7 Å². The molecule has 1 aliphatic heterocycles. The molecule has 1 heterocycles. The van der Waals surface area contributed by atoms with Gasteiger partial charge in [-0.05, 0) is 39.5 Å². The van der Waals surface area contributed by atoms with Gasteiger partial charge in [0.1, 0.15) is 5.60 Å². The molecule has 6 heteroatoms. The summed E-state index contributed by atoms with van der Waals surface area (Å²) < 4.78 is 10.5. The number of hydrogen-bond donors (Lipinski definition) is 0. The van der Waals surface area contributed by atoms with Gasteiger partial charge in [0, 0.05) is 13.1 Å². The molecule has 1 aliphatic carbocycles. The van der Waals surface area contributed by atoms with Gasteiger partial charge in [-0.3, -0.25) is 4.79 Å². The minimum Gasteiger partial charge on any atom is -0.449 e. The highest BCUT2D eigenvalue weighted by atomic mass is 35.5. The van der Waals surface area contributed by atoms with Gasteiger partial charge in [-0.15, -0.1) is 0 Å². The second-order valence-electron chi connectivity index (χ2n) is 7.00. The number of nitrogens with zero attached hydrogens (tertiary/aromatic N) is 1. The Morgan fingerprint density at radius 2 is 2.05 bits per heavy atom. The summed E-state index contributed by atoms with van der Waals surface area (Å²) in [5.74, 6) is -0.122. The third kappa shape index (κ3) is 3.44. The van der Waals surface area contributed by atoms with E-state index in [0.717, 1.165) is 25.7 Å². The minimum absolute atomic E-state index is 0.139. The van der Waals surface area contributed by atoms with Crippen molar-refractivity contribution in [1.29, 1.82) is 0 Å². The van der Waals surface area contributed by atoms with Gasteiger partial charge in [0.05, 0.1) is 5.41 Å². The Balaban J connectivity index is 2.13. The number of carbonyl (C=O) groups excluding carboxylic acids is 2. The van der Waals surface area contributed by atoms with Crippen molar-refractivity contribution >= 4 is 23.7 Å². The standard InChI is InChI=1S/C15H24ClNO4/c1-14(2,3)21-13(19)17-8-11-6-4-5-7-15(11,9-17)12(18)20-10-16/h11H,4-10H2,1-3H3/t11-,15+/m0/s1. The van der Waals surface area contributed by atoms with E-state index in [1.807, 2.05) is 20.8 Å². The Morgan fingerprint density at radius 1 is 1.33 bits per heavy atom. The van der Waals surface area contributed by atoms with Crippen molar-refractivity contribution in [3.05, 3.63) is 0 Å². The van der Waals surface area contributed by atoms with Crippen LogP contribution >= 0.6 is 11.6 Å². The molecule has 0 unspecified atom stereocenters. The van der Waals surface area contributed by atoms with E-state index in [1.54, 1.807) is 4.90 Å². The molecule has 2 fully saturated rings. The fourth-order valence-electron chi connectivity index (χ4n) is 3.45. The Labute approximate surface area is 130 Å². The summed E-state index contributed by atoms with van der Waals surface area (Å²) in [6.07, 6.45) is 3.41. The highest BCUT2D eigenvalue weighted by Gasteiger charge is 2.55. The summed E-state index contributed by atoms with van der Waals surface area (Å²) in [7, 11) is 0. The fourth-order valence-corrected chi connectivity index (χ4v) is 3.55. The number of carbonyl (C=O) groups is 2. The number of likely N-dealkylation sites (tertiary alicyclic amines) is 1. The van der Waals surface area contributed by atoms with Crippen molar-refractivity contribution < 1.29 is 19.1 Å². The van der Waals surface area contributed by atoms with Gasteiger partial charge in [0.2, 0.25) is 0 Å². The summed E-state index contributed by atoms with van der Waals surface area (Å²) >= 11 is 5.54. The molecule has 1 saturated heterocycles. The zero-order valence-electron chi connectivity index (χ0n) is 13.0.